The molecule has 0 spiro atoms. The number of rotatable bonds is 8. The van der Waals surface area contributed by atoms with Crippen LogP contribution in [0.25, 0.3) is 10.9 Å². The number of methoxy groups -OCH3 is 1. The maximum absolute atomic E-state index is 11.6. The third-order valence-electron chi connectivity index (χ3n) is 6.25. The van der Waals surface area contributed by atoms with Gasteiger partial charge in [-0.3, -0.25) is 9.48 Å². The number of carboxylic acid groups (broad SMARTS) is 1. The molecule has 3 aromatic heterocycles. The summed E-state index contributed by atoms with van der Waals surface area (Å²) in [6.45, 7) is 0.986. The number of anilines is 1. The van der Waals surface area contributed by atoms with Crippen molar-refractivity contribution < 1.29 is 14.6 Å². The van der Waals surface area contributed by atoms with Crippen molar-refractivity contribution in [1.29, 1.82) is 0 Å². The van der Waals surface area contributed by atoms with E-state index in [4.69, 9.17) is 9.72 Å². The number of carbonyl (C=O) groups is 1. The van der Waals surface area contributed by atoms with Gasteiger partial charge in [0, 0.05) is 36.1 Å². The van der Waals surface area contributed by atoms with Gasteiger partial charge >= 0.3 is 5.97 Å². The molecule has 0 fully saturated rings. The van der Waals surface area contributed by atoms with E-state index in [1.54, 1.807) is 24.1 Å². The summed E-state index contributed by atoms with van der Waals surface area (Å²) in [6.07, 6.45) is 7.44. The largest absolute Gasteiger partial charge is 0.481 e. The summed E-state index contributed by atoms with van der Waals surface area (Å²) >= 11 is 0. The van der Waals surface area contributed by atoms with E-state index in [-0.39, 0.29) is 6.42 Å². The summed E-state index contributed by atoms with van der Waals surface area (Å²) in [4.78, 5) is 20.6. The minimum absolute atomic E-state index is 0.0904. The maximum Gasteiger partial charge on any atom is 0.305 e. The first-order valence-corrected chi connectivity index (χ1v) is 11.5. The highest BCUT2D eigenvalue weighted by atomic mass is 16.5. The molecule has 8 heteroatoms. The fourth-order valence-corrected chi connectivity index (χ4v) is 4.43. The zero-order chi connectivity index (χ0) is 23.5. The van der Waals surface area contributed by atoms with Gasteiger partial charge in [0.25, 0.3) is 0 Å². The Labute approximate surface area is 197 Å². The standard InChI is InChI=1S/C26H27N5O3/c1-34-24-11-7-19(15-28-24)23(14-25(32)33)31-16-20-13-17(5-10-22(20)30-31)4-8-21-9-6-18-3-2-12-27-26(18)29-21/h5-7,9-11,13,15-16,23H,2-4,8,12,14H2,1H3,(H,27,29)(H,32,33)/t23-/m0/s1. The van der Waals surface area contributed by atoms with E-state index in [1.165, 1.54) is 11.1 Å². The summed E-state index contributed by atoms with van der Waals surface area (Å²) in [6, 6.07) is 13.6. The molecule has 2 N–H and O–H groups in total. The van der Waals surface area contributed by atoms with Crippen LogP contribution in [0.1, 0.15) is 41.3 Å². The summed E-state index contributed by atoms with van der Waals surface area (Å²) in [5.74, 6) is 0.614. The van der Waals surface area contributed by atoms with Crippen LogP contribution >= 0.6 is 0 Å². The Bertz CT molecular complexity index is 1320. The number of ether oxygens (including phenoxy) is 1. The first-order valence-electron chi connectivity index (χ1n) is 11.5. The second kappa shape index (κ2) is 9.51. The fourth-order valence-electron chi connectivity index (χ4n) is 4.43. The molecule has 0 saturated heterocycles. The van der Waals surface area contributed by atoms with Crippen molar-refractivity contribution in [2.75, 3.05) is 19.0 Å². The van der Waals surface area contributed by atoms with E-state index < -0.39 is 12.0 Å². The van der Waals surface area contributed by atoms with Crippen molar-refractivity contribution in [3.8, 4) is 5.88 Å². The molecule has 8 nitrogen and oxygen atoms in total. The van der Waals surface area contributed by atoms with Crippen molar-refractivity contribution in [1.82, 2.24) is 19.7 Å². The topological polar surface area (TPSA) is 102 Å². The average molecular weight is 458 g/mol. The number of nitrogens with one attached hydrogen (secondary N) is 1. The fraction of sp³-hybridized carbons (Fsp3) is 0.308. The number of aliphatic carboxylic acids is 1. The van der Waals surface area contributed by atoms with Crippen LogP contribution in [0.5, 0.6) is 5.88 Å². The summed E-state index contributed by atoms with van der Waals surface area (Å²) < 4.78 is 6.85. The van der Waals surface area contributed by atoms with Crippen LogP contribution in [0.15, 0.2) is 54.9 Å². The van der Waals surface area contributed by atoms with Crippen LogP contribution in [-0.2, 0) is 24.1 Å². The third kappa shape index (κ3) is 4.71. The van der Waals surface area contributed by atoms with Gasteiger partial charge in [-0.1, -0.05) is 12.1 Å². The molecule has 5 rings (SSSR count). The number of benzene rings is 1. The van der Waals surface area contributed by atoms with Crippen LogP contribution in [-0.4, -0.2) is 44.5 Å². The van der Waals surface area contributed by atoms with Gasteiger partial charge in [0.2, 0.25) is 5.88 Å². The quantitative estimate of drug-likeness (QED) is 0.412. The van der Waals surface area contributed by atoms with Gasteiger partial charge in [-0.05, 0) is 66.6 Å². The second-order valence-corrected chi connectivity index (χ2v) is 8.59. The van der Waals surface area contributed by atoms with Gasteiger partial charge in [0.15, 0.2) is 0 Å². The minimum Gasteiger partial charge on any atom is -0.481 e. The van der Waals surface area contributed by atoms with Crippen LogP contribution in [0.4, 0.5) is 5.82 Å². The highest BCUT2D eigenvalue weighted by Gasteiger charge is 2.20. The summed E-state index contributed by atoms with van der Waals surface area (Å²) in [5, 5.41) is 18.5. The number of aromatic nitrogens is 4. The first-order chi connectivity index (χ1) is 16.6. The smallest absolute Gasteiger partial charge is 0.305 e. The molecule has 174 valence electrons. The number of hydrogen-bond acceptors (Lipinski definition) is 6. The van der Waals surface area contributed by atoms with Crippen LogP contribution in [0, 0.1) is 0 Å². The Morgan fingerprint density at radius 1 is 1.21 bits per heavy atom. The number of nitrogens with zero attached hydrogens (tertiary/aromatic N) is 4. The van der Waals surface area contributed by atoms with Gasteiger partial charge in [0.05, 0.1) is 25.1 Å². The molecular formula is C26H27N5O3. The second-order valence-electron chi connectivity index (χ2n) is 8.59. The SMILES string of the molecule is COc1ccc([C@H](CC(=O)O)n2cc3cc(CCc4ccc5c(n4)NCCC5)ccc3n2)cn1. The zero-order valence-corrected chi connectivity index (χ0v) is 19.1. The van der Waals surface area contributed by atoms with Crippen molar-refractivity contribution >= 4 is 22.7 Å². The molecule has 0 amide bonds. The number of carboxylic acids is 1. The van der Waals surface area contributed by atoms with Crippen molar-refractivity contribution in [3.05, 3.63) is 77.2 Å². The number of aryl methyl sites for hydroxylation is 3. The molecule has 0 aliphatic carbocycles. The molecule has 1 aliphatic rings. The van der Waals surface area contributed by atoms with E-state index in [0.717, 1.165) is 60.2 Å². The lowest BCUT2D eigenvalue weighted by molar-refractivity contribution is -0.137. The normalized spacial score (nSPS) is 13.8. The van der Waals surface area contributed by atoms with Crippen molar-refractivity contribution in [2.45, 2.75) is 38.1 Å². The molecule has 4 heterocycles. The Morgan fingerprint density at radius 2 is 2.12 bits per heavy atom. The zero-order valence-electron chi connectivity index (χ0n) is 19.1. The number of hydrogen-bond donors (Lipinski definition) is 2. The Balaban J connectivity index is 1.36. The summed E-state index contributed by atoms with van der Waals surface area (Å²) in [7, 11) is 1.55. The molecule has 34 heavy (non-hydrogen) atoms. The highest BCUT2D eigenvalue weighted by Crippen LogP contribution is 2.26. The Hall–Kier alpha value is -3.94. The monoisotopic (exact) mass is 457 g/mol. The van der Waals surface area contributed by atoms with E-state index in [1.807, 2.05) is 18.3 Å². The predicted molar refractivity (Wildman–Crippen MR) is 129 cm³/mol. The molecule has 0 saturated carbocycles. The van der Waals surface area contributed by atoms with Gasteiger partial charge < -0.3 is 15.2 Å². The molecule has 0 radical (unpaired) electrons. The highest BCUT2D eigenvalue weighted by molar-refractivity contribution is 5.79. The van der Waals surface area contributed by atoms with Gasteiger partial charge in [-0.15, -0.1) is 0 Å². The lowest BCUT2D eigenvalue weighted by atomic mass is 10.0. The molecule has 1 atom stereocenters. The Morgan fingerprint density at radius 3 is 2.91 bits per heavy atom. The van der Waals surface area contributed by atoms with Crippen molar-refractivity contribution in [2.24, 2.45) is 0 Å². The molecule has 0 unspecified atom stereocenters. The molecule has 1 aliphatic heterocycles. The molecule has 4 aromatic rings. The molecule has 0 bridgehead atoms. The van der Waals surface area contributed by atoms with Crippen LogP contribution in [0.2, 0.25) is 0 Å². The lowest BCUT2D eigenvalue weighted by Crippen LogP contribution is -2.16. The average Bonchev–Trinajstić information content (AvgIpc) is 3.29. The molecule has 1 aromatic carbocycles. The third-order valence-corrected chi connectivity index (χ3v) is 6.25. The van der Waals surface area contributed by atoms with Crippen molar-refractivity contribution in [3.63, 3.8) is 0 Å². The predicted octanol–water partition coefficient (Wildman–Crippen LogP) is 4.04. The number of fused-ring (bicyclic) bond motifs is 2. The van der Waals surface area contributed by atoms with E-state index in [9.17, 15) is 9.90 Å². The van der Waals surface area contributed by atoms with Gasteiger partial charge in [-0.25, -0.2) is 9.97 Å². The minimum atomic E-state index is -0.895. The van der Waals surface area contributed by atoms with E-state index in [0.29, 0.717) is 5.88 Å². The number of pyridine rings is 2. The first kappa shape index (κ1) is 21.9. The lowest BCUT2D eigenvalue weighted by Gasteiger charge is -2.17. The van der Waals surface area contributed by atoms with Gasteiger partial charge in [-0.2, -0.15) is 5.10 Å². The Kier molecular flexibility index (Phi) is 6.12. The van der Waals surface area contributed by atoms with Gasteiger partial charge in [0.1, 0.15) is 5.82 Å². The van der Waals surface area contributed by atoms with E-state index in [2.05, 4.69) is 39.7 Å². The molecular weight excluding hydrogens is 430 g/mol. The summed E-state index contributed by atoms with van der Waals surface area (Å²) in [5.41, 5.74) is 5.17. The van der Waals surface area contributed by atoms with Crippen LogP contribution < -0.4 is 10.1 Å². The van der Waals surface area contributed by atoms with E-state index >= 15 is 0 Å². The van der Waals surface area contributed by atoms with Crippen LogP contribution in [0.3, 0.4) is 0 Å². The maximum atomic E-state index is 11.6.